The third-order valence-corrected chi connectivity index (χ3v) is 4.73. The second kappa shape index (κ2) is 9.41. The largest absolute Gasteiger partial charge is 0.449 e. The third-order valence-electron chi connectivity index (χ3n) is 4.47. The number of carbonyl (C=O) groups is 4. The number of ether oxygens (including phenoxy) is 1. The van der Waals surface area contributed by atoms with Crippen molar-refractivity contribution < 1.29 is 23.9 Å². The second-order valence-electron chi connectivity index (χ2n) is 6.52. The van der Waals surface area contributed by atoms with Gasteiger partial charge in [-0.1, -0.05) is 41.9 Å². The van der Waals surface area contributed by atoms with Crippen molar-refractivity contribution in [3.63, 3.8) is 0 Å². The summed E-state index contributed by atoms with van der Waals surface area (Å²) in [6.45, 7) is 1.70. The molecular weight excluding hydrogens is 410 g/mol. The molecule has 0 saturated carbocycles. The summed E-state index contributed by atoms with van der Waals surface area (Å²) in [5, 5.41) is 1.35. The standard InChI is InChI=1S/C21H20ClN3O5/c1-2-30-21(29)23-25(19(27)12-14-6-4-3-5-7-14)17-13-18(26)24(20(17)28)16-10-8-15(22)9-11-16/h3-11,17H,2,12-13H2,1H3,(H,23,29). The fraction of sp³-hybridized carbons (Fsp3) is 0.238. The van der Waals surface area contributed by atoms with Crippen molar-refractivity contribution >= 4 is 41.1 Å². The second-order valence-corrected chi connectivity index (χ2v) is 6.96. The van der Waals surface area contributed by atoms with E-state index >= 15 is 0 Å². The van der Waals surface area contributed by atoms with Gasteiger partial charge < -0.3 is 4.74 Å². The number of rotatable bonds is 5. The molecule has 3 rings (SSSR count). The van der Waals surface area contributed by atoms with Gasteiger partial charge in [-0.3, -0.25) is 14.4 Å². The minimum atomic E-state index is -1.19. The highest BCUT2D eigenvalue weighted by molar-refractivity contribution is 6.30. The van der Waals surface area contributed by atoms with Crippen LogP contribution in [0.2, 0.25) is 5.02 Å². The van der Waals surface area contributed by atoms with Crippen LogP contribution in [0, 0.1) is 0 Å². The van der Waals surface area contributed by atoms with Gasteiger partial charge in [0, 0.05) is 5.02 Å². The summed E-state index contributed by atoms with van der Waals surface area (Å²) in [4.78, 5) is 51.5. The van der Waals surface area contributed by atoms with Crippen molar-refractivity contribution in [3.05, 3.63) is 65.2 Å². The van der Waals surface area contributed by atoms with Gasteiger partial charge >= 0.3 is 6.09 Å². The van der Waals surface area contributed by atoms with Crippen LogP contribution in [0.3, 0.4) is 0 Å². The van der Waals surface area contributed by atoms with Crippen LogP contribution in [0.5, 0.6) is 0 Å². The number of benzene rings is 2. The molecule has 2 aromatic carbocycles. The molecule has 156 valence electrons. The van der Waals surface area contributed by atoms with Crippen LogP contribution in [-0.2, 0) is 25.5 Å². The van der Waals surface area contributed by atoms with Crippen LogP contribution in [0.1, 0.15) is 18.9 Å². The van der Waals surface area contributed by atoms with Gasteiger partial charge in [0.25, 0.3) is 5.91 Å². The molecule has 30 heavy (non-hydrogen) atoms. The minimum Gasteiger partial charge on any atom is -0.449 e. The summed E-state index contributed by atoms with van der Waals surface area (Å²) in [5.74, 6) is -1.66. The van der Waals surface area contributed by atoms with Gasteiger partial charge in [0.05, 0.1) is 25.1 Å². The number of hydrogen-bond donors (Lipinski definition) is 1. The molecule has 1 atom stereocenters. The van der Waals surface area contributed by atoms with E-state index in [9.17, 15) is 19.2 Å². The molecule has 1 unspecified atom stereocenters. The van der Waals surface area contributed by atoms with Gasteiger partial charge in [-0.25, -0.2) is 20.1 Å². The molecule has 1 fully saturated rings. The molecular formula is C21H20ClN3O5. The van der Waals surface area contributed by atoms with Crippen molar-refractivity contribution in [2.45, 2.75) is 25.8 Å². The molecule has 8 nitrogen and oxygen atoms in total. The fourth-order valence-corrected chi connectivity index (χ4v) is 3.24. The van der Waals surface area contributed by atoms with Crippen molar-refractivity contribution in [1.82, 2.24) is 10.4 Å². The highest BCUT2D eigenvalue weighted by Crippen LogP contribution is 2.26. The zero-order valence-electron chi connectivity index (χ0n) is 16.2. The molecule has 0 aromatic heterocycles. The highest BCUT2D eigenvalue weighted by atomic mass is 35.5. The predicted octanol–water partition coefficient (Wildman–Crippen LogP) is 2.70. The maximum Gasteiger partial charge on any atom is 0.426 e. The summed E-state index contributed by atoms with van der Waals surface area (Å²) in [5.41, 5.74) is 3.35. The molecule has 1 N–H and O–H groups in total. The first kappa shape index (κ1) is 21.3. The average molecular weight is 430 g/mol. The Hall–Kier alpha value is -3.39. The number of hydrazine groups is 1. The summed E-state index contributed by atoms with van der Waals surface area (Å²) in [6.07, 6.45) is -1.22. The Morgan fingerprint density at radius 1 is 1.13 bits per heavy atom. The summed E-state index contributed by atoms with van der Waals surface area (Å²) in [7, 11) is 0. The van der Waals surface area contributed by atoms with Crippen LogP contribution in [-0.4, -0.2) is 41.5 Å². The monoisotopic (exact) mass is 429 g/mol. The van der Waals surface area contributed by atoms with Crippen LogP contribution < -0.4 is 10.3 Å². The number of anilines is 1. The van der Waals surface area contributed by atoms with Gasteiger partial charge in [0.2, 0.25) is 11.8 Å². The van der Waals surface area contributed by atoms with E-state index in [4.69, 9.17) is 16.3 Å². The van der Waals surface area contributed by atoms with Crippen LogP contribution in [0.15, 0.2) is 54.6 Å². The fourth-order valence-electron chi connectivity index (χ4n) is 3.11. The molecule has 0 bridgehead atoms. The Bertz CT molecular complexity index is 949. The summed E-state index contributed by atoms with van der Waals surface area (Å²) in [6, 6.07) is 13.9. The first-order valence-corrected chi connectivity index (χ1v) is 9.70. The van der Waals surface area contributed by atoms with Crippen LogP contribution in [0.4, 0.5) is 10.5 Å². The minimum absolute atomic E-state index is 0.0633. The number of halogens is 1. The Balaban J connectivity index is 1.85. The van der Waals surface area contributed by atoms with E-state index in [1.54, 1.807) is 43.3 Å². The van der Waals surface area contributed by atoms with E-state index in [0.717, 1.165) is 9.91 Å². The van der Waals surface area contributed by atoms with Crippen molar-refractivity contribution in [2.24, 2.45) is 0 Å². The Morgan fingerprint density at radius 3 is 2.43 bits per heavy atom. The van der Waals surface area contributed by atoms with E-state index < -0.39 is 29.9 Å². The van der Waals surface area contributed by atoms with Crippen molar-refractivity contribution in [2.75, 3.05) is 11.5 Å². The molecule has 1 heterocycles. The molecule has 0 radical (unpaired) electrons. The molecule has 9 heteroatoms. The number of amides is 4. The van der Waals surface area contributed by atoms with E-state index in [2.05, 4.69) is 5.43 Å². The third kappa shape index (κ3) is 4.77. The number of carbonyl (C=O) groups excluding carboxylic acids is 4. The van der Waals surface area contributed by atoms with E-state index in [0.29, 0.717) is 16.3 Å². The van der Waals surface area contributed by atoms with E-state index in [1.807, 2.05) is 6.07 Å². The lowest BCUT2D eigenvalue weighted by molar-refractivity contribution is -0.140. The van der Waals surface area contributed by atoms with Crippen molar-refractivity contribution in [1.29, 1.82) is 0 Å². The van der Waals surface area contributed by atoms with Gasteiger partial charge in [0.1, 0.15) is 6.04 Å². The lowest BCUT2D eigenvalue weighted by Gasteiger charge is -2.27. The quantitative estimate of drug-likeness (QED) is 0.582. The summed E-state index contributed by atoms with van der Waals surface area (Å²) < 4.78 is 4.85. The normalized spacial score (nSPS) is 15.8. The first-order chi connectivity index (χ1) is 14.4. The SMILES string of the molecule is CCOC(=O)NN(C(=O)Cc1ccccc1)C1CC(=O)N(c2ccc(Cl)cc2)C1=O. The molecule has 1 aliphatic rings. The maximum atomic E-state index is 13.0. The maximum absolute atomic E-state index is 13.0. The topological polar surface area (TPSA) is 96.0 Å². The zero-order valence-corrected chi connectivity index (χ0v) is 17.0. The Labute approximate surface area is 178 Å². The molecule has 1 saturated heterocycles. The number of nitrogens with zero attached hydrogens (tertiary/aromatic N) is 2. The van der Waals surface area contributed by atoms with Gasteiger partial charge in [-0.15, -0.1) is 0 Å². The van der Waals surface area contributed by atoms with Crippen LogP contribution >= 0.6 is 11.6 Å². The van der Waals surface area contributed by atoms with Gasteiger partial charge in [-0.05, 0) is 36.8 Å². The van der Waals surface area contributed by atoms with Crippen molar-refractivity contribution in [3.8, 4) is 0 Å². The number of nitrogens with one attached hydrogen (secondary N) is 1. The molecule has 4 amide bonds. The predicted molar refractivity (Wildman–Crippen MR) is 109 cm³/mol. The van der Waals surface area contributed by atoms with Crippen LogP contribution in [0.25, 0.3) is 0 Å². The zero-order chi connectivity index (χ0) is 21.7. The molecule has 0 aliphatic carbocycles. The van der Waals surface area contributed by atoms with Gasteiger partial charge in [0.15, 0.2) is 0 Å². The highest BCUT2D eigenvalue weighted by Gasteiger charge is 2.45. The van der Waals surface area contributed by atoms with E-state index in [1.165, 1.54) is 12.1 Å². The smallest absolute Gasteiger partial charge is 0.426 e. The lowest BCUT2D eigenvalue weighted by Crippen LogP contribution is -2.55. The van der Waals surface area contributed by atoms with E-state index in [-0.39, 0.29) is 19.4 Å². The molecule has 2 aromatic rings. The molecule has 0 spiro atoms. The number of imide groups is 1. The summed E-state index contributed by atoms with van der Waals surface area (Å²) >= 11 is 5.87. The lowest BCUT2D eigenvalue weighted by atomic mass is 10.1. The first-order valence-electron chi connectivity index (χ1n) is 9.32. The number of hydrogen-bond acceptors (Lipinski definition) is 5. The molecule has 1 aliphatic heterocycles. The average Bonchev–Trinajstić information content (AvgIpc) is 3.01. The Kier molecular flexibility index (Phi) is 6.68. The van der Waals surface area contributed by atoms with Gasteiger partial charge in [-0.2, -0.15) is 0 Å². The Morgan fingerprint density at radius 2 is 1.80 bits per heavy atom.